The van der Waals surface area contributed by atoms with Crippen LogP contribution in [0.25, 0.3) is 0 Å². The van der Waals surface area contributed by atoms with Crippen LogP contribution in [0.5, 0.6) is 5.75 Å². The van der Waals surface area contributed by atoms with E-state index in [0.717, 1.165) is 17.1 Å². The number of fused-ring (bicyclic) bond motifs is 1. The summed E-state index contributed by atoms with van der Waals surface area (Å²) in [6.07, 6.45) is 1.62. The minimum absolute atomic E-state index is 0.158. The molecule has 0 saturated carbocycles. The van der Waals surface area contributed by atoms with Gasteiger partial charge in [-0.15, -0.1) is 0 Å². The summed E-state index contributed by atoms with van der Waals surface area (Å²) in [5.41, 5.74) is 3.19. The number of likely N-dealkylation sites (N-methyl/N-ethyl adjacent to an activating group) is 1. The van der Waals surface area contributed by atoms with Crippen LogP contribution < -0.4 is 9.64 Å². The predicted molar refractivity (Wildman–Crippen MR) is 68.1 cm³/mol. The van der Waals surface area contributed by atoms with Crippen LogP contribution in [0.2, 0.25) is 0 Å². The summed E-state index contributed by atoms with van der Waals surface area (Å²) in [4.78, 5) is 2.07. The lowest BCUT2D eigenvalue weighted by Gasteiger charge is -2.22. The molecule has 0 radical (unpaired) electrons. The Morgan fingerprint density at radius 1 is 1.41 bits per heavy atom. The van der Waals surface area contributed by atoms with E-state index in [1.165, 1.54) is 5.56 Å². The van der Waals surface area contributed by atoms with Crippen molar-refractivity contribution in [3.63, 3.8) is 0 Å². The van der Waals surface area contributed by atoms with Gasteiger partial charge in [0.25, 0.3) is 0 Å². The molecule has 3 nitrogen and oxygen atoms in total. The van der Waals surface area contributed by atoms with E-state index in [4.69, 9.17) is 10.00 Å². The van der Waals surface area contributed by atoms with E-state index in [-0.39, 0.29) is 5.41 Å². The Morgan fingerprint density at radius 2 is 2.12 bits per heavy atom. The van der Waals surface area contributed by atoms with Crippen molar-refractivity contribution < 1.29 is 4.74 Å². The van der Waals surface area contributed by atoms with Crippen molar-refractivity contribution in [1.29, 1.82) is 5.26 Å². The van der Waals surface area contributed by atoms with Crippen LogP contribution in [0, 0.1) is 11.3 Å². The highest BCUT2D eigenvalue weighted by Gasteiger charge is 2.38. The Hall–Kier alpha value is -1.95. The van der Waals surface area contributed by atoms with Crippen LogP contribution in [-0.4, -0.2) is 14.2 Å². The first-order valence-electron chi connectivity index (χ1n) is 5.55. The molecule has 0 spiro atoms. The Kier molecular flexibility index (Phi) is 2.59. The summed E-state index contributed by atoms with van der Waals surface area (Å²) in [6, 6.07) is 8.15. The van der Waals surface area contributed by atoms with Gasteiger partial charge in [-0.1, -0.05) is 13.8 Å². The van der Waals surface area contributed by atoms with Crippen LogP contribution in [-0.2, 0) is 5.41 Å². The van der Waals surface area contributed by atoms with Crippen molar-refractivity contribution in [3.05, 3.63) is 35.5 Å². The average molecular weight is 228 g/mol. The zero-order valence-electron chi connectivity index (χ0n) is 10.6. The van der Waals surface area contributed by atoms with Crippen molar-refractivity contribution in [2.75, 3.05) is 19.1 Å². The molecule has 0 aromatic heterocycles. The molecule has 1 aromatic carbocycles. The molecule has 0 atom stereocenters. The first-order chi connectivity index (χ1) is 8.02. The first-order valence-corrected chi connectivity index (χ1v) is 5.55. The summed E-state index contributed by atoms with van der Waals surface area (Å²) in [7, 11) is 3.66. The van der Waals surface area contributed by atoms with Crippen LogP contribution >= 0.6 is 0 Å². The minimum Gasteiger partial charge on any atom is -0.497 e. The number of rotatable bonds is 1. The molecule has 3 heteroatoms. The summed E-state index contributed by atoms with van der Waals surface area (Å²) in [5, 5.41) is 8.88. The van der Waals surface area contributed by atoms with Gasteiger partial charge in [-0.3, -0.25) is 0 Å². The monoisotopic (exact) mass is 228 g/mol. The fourth-order valence-electron chi connectivity index (χ4n) is 2.46. The zero-order chi connectivity index (χ0) is 12.6. The molecular weight excluding hydrogens is 212 g/mol. The number of ether oxygens (including phenoxy) is 1. The molecule has 1 aliphatic rings. The fourth-order valence-corrected chi connectivity index (χ4v) is 2.46. The quantitative estimate of drug-likeness (QED) is 0.693. The molecule has 2 rings (SSSR count). The van der Waals surface area contributed by atoms with E-state index < -0.39 is 0 Å². The largest absolute Gasteiger partial charge is 0.497 e. The molecule has 0 unspecified atom stereocenters. The zero-order valence-corrected chi connectivity index (χ0v) is 10.6. The standard InChI is InChI=1S/C14H16N2O/c1-14(2)11-9-10(17-4)5-6-12(11)16(3)13(14)7-8-15/h5-7,9H,1-4H3/b13-7-. The van der Waals surface area contributed by atoms with E-state index in [0.29, 0.717) is 0 Å². The Balaban J connectivity index is 2.63. The topological polar surface area (TPSA) is 36.3 Å². The highest BCUT2D eigenvalue weighted by Crippen LogP contribution is 2.47. The van der Waals surface area contributed by atoms with Gasteiger partial charge in [0.05, 0.1) is 13.2 Å². The van der Waals surface area contributed by atoms with E-state index in [2.05, 4.69) is 24.8 Å². The van der Waals surface area contributed by atoms with Crippen LogP contribution in [0.1, 0.15) is 19.4 Å². The maximum Gasteiger partial charge on any atom is 0.119 e. The van der Waals surface area contributed by atoms with Crippen molar-refractivity contribution >= 4 is 5.69 Å². The van der Waals surface area contributed by atoms with E-state index in [1.54, 1.807) is 13.2 Å². The lowest BCUT2D eigenvalue weighted by molar-refractivity contribution is 0.413. The Bertz CT molecular complexity index is 524. The highest BCUT2D eigenvalue weighted by atomic mass is 16.5. The van der Waals surface area contributed by atoms with Crippen molar-refractivity contribution in [1.82, 2.24) is 0 Å². The third kappa shape index (κ3) is 1.57. The Morgan fingerprint density at radius 3 is 2.71 bits per heavy atom. The first kappa shape index (κ1) is 11.5. The lowest BCUT2D eigenvalue weighted by atomic mass is 9.84. The second-order valence-corrected chi connectivity index (χ2v) is 4.73. The van der Waals surface area contributed by atoms with Crippen LogP contribution in [0.15, 0.2) is 30.0 Å². The Labute approximate surface area is 102 Å². The third-order valence-corrected chi connectivity index (χ3v) is 3.44. The van der Waals surface area contributed by atoms with Gasteiger partial charge < -0.3 is 9.64 Å². The SMILES string of the molecule is COc1ccc2c(c1)C(C)(C)/C(=C/C#N)N2C. The lowest BCUT2D eigenvalue weighted by Crippen LogP contribution is -2.22. The van der Waals surface area contributed by atoms with Gasteiger partial charge in [-0.25, -0.2) is 0 Å². The fraction of sp³-hybridized carbons (Fsp3) is 0.357. The van der Waals surface area contributed by atoms with E-state index in [9.17, 15) is 0 Å². The highest BCUT2D eigenvalue weighted by molar-refractivity contribution is 5.71. The van der Waals surface area contributed by atoms with Gasteiger partial charge >= 0.3 is 0 Å². The number of hydrogen-bond acceptors (Lipinski definition) is 3. The molecule has 17 heavy (non-hydrogen) atoms. The minimum atomic E-state index is -0.158. The van der Waals surface area contributed by atoms with Crippen molar-refractivity contribution in [2.24, 2.45) is 0 Å². The van der Waals surface area contributed by atoms with Gasteiger partial charge in [0.15, 0.2) is 0 Å². The van der Waals surface area contributed by atoms with E-state index in [1.807, 2.05) is 25.2 Å². The number of nitriles is 1. The summed E-state index contributed by atoms with van der Waals surface area (Å²) in [6.45, 7) is 4.25. The molecule has 0 fully saturated rings. The normalized spacial score (nSPS) is 19.0. The molecule has 1 aliphatic heterocycles. The van der Waals surface area contributed by atoms with Gasteiger partial charge in [0, 0.05) is 29.9 Å². The van der Waals surface area contributed by atoms with E-state index >= 15 is 0 Å². The number of allylic oxidation sites excluding steroid dienone is 2. The van der Waals surface area contributed by atoms with Gasteiger partial charge in [-0.05, 0) is 23.8 Å². The molecule has 1 heterocycles. The van der Waals surface area contributed by atoms with Crippen molar-refractivity contribution in [3.8, 4) is 11.8 Å². The smallest absolute Gasteiger partial charge is 0.119 e. The number of methoxy groups -OCH3 is 1. The summed E-state index contributed by atoms with van der Waals surface area (Å²) < 4.78 is 5.26. The average Bonchev–Trinajstić information content (AvgIpc) is 2.51. The van der Waals surface area contributed by atoms with Crippen molar-refractivity contribution in [2.45, 2.75) is 19.3 Å². The molecule has 0 bridgehead atoms. The summed E-state index contributed by atoms with van der Waals surface area (Å²) in [5.74, 6) is 0.850. The molecule has 0 saturated heterocycles. The van der Waals surface area contributed by atoms with Gasteiger partial charge in [-0.2, -0.15) is 5.26 Å². The second-order valence-electron chi connectivity index (χ2n) is 4.73. The number of anilines is 1. The molecule has 88 valence electrons. The maximum atomic E-state index is 8.88. The van der Waals surface area contributed by atoms with Gasteiger partial charge in [0.2, 0.25) is 0 Å². The number of benzene rings is 1. The second kappa shape index (κ2) is 3.81. The molecule has 1 aromatic rings. The molecule has 0 amide bonds. The third-order valence-electron chi connectivity index (χ3n) is 3.44. The predicted octanol–water partition coefficient (Wildman–Crippen LogP) is 2.83. The van der Waals surface area contributed by atoms with Gasteiger partial charge in [0.1, 0.15) is 5.75 Å². The number of hydrogen-bond donors (Lipinski definition) is 0. The number of nitrogens with zero attached hydrogens (tertiary/aromatic N) is 2. The maximum absolute atomic E-state index is 8.88. The van der Waals surface area contributed by atoms with Crippen LogP contribution in [0.3, 0.4) is 0 Å². The van der Waals surface area contributed by atoms with Crippen LogP contribution in [0.4, 0.5) is 5.69 Å². The molecular formula is C14H16N2O. The molecule has 0 N–H and O–H groups in total. The summed E-state index contributed by atoms with van der Waals surface area (Å²) >= 11 is 0. The molecule has 0 aliphatic carbocycles.